The molecule has 0 aromatic heterocycles. The summed E-state index contributed by atoms with van der Waals surface area (Å²) in [6.45, 7) is 2.10. The van der Waals surface area contributed by atoms with Crippen LogP contribution in [0.2, 0.25) is 5.02 Å². The second-order valence-corrected chi connectivity index (χ2v) is 4.10. The zero-order valence-corrected chi connectivity index (χ0v) is 9.83. The third-order valence-corrected chi connectivity index (χ3v) is 2.93. The van der Waals surface area contributed by atoms with Gasteiger partial charge in [0.15, 0.2) is 0 Å². The normalized spacial score (nSPS) is 10.4. The first-order valence-electron chi connectivity index (χ1n) is 5.29. The zero-order valence-electron chi connectivity index (χ0n) is 9.07. The Hall–Kier alpha value is -1.47. The van der Waals surface area contributed by atoms with E-state index in [-0.39, 0.29) is 5.75 Å². The average molecular weight is 233 g/mol. The monoisotopic (exact) mass is 232 g/mol. The fourth-order valence-corrected chi connectivity index (χ4v) is 2.02. The fourth-order valence-electron chi connectivity index (χ4n) is 1.75. The first kappa shape index (κ1) is 11.0. The Morgan fingerprint density at radius 1 is 1.12 bits per heavy atom. The number of hydrogen-bond donors (Lipinski definition) is 1. The van der Waals surface area contributed by atoms with Gasteiger partial charge in [-0.05, 0) is 29.7 Å². The van der Waals surface area contributed by atoms with Gasteiger partial charge in [-0.25, -0.2) is 0 Å². The molecule has 0 aliphatic rings. The predicted octanol–water partition coefficient (Wildman–Crippen LogP) is 4.28. The lowest BCUT2D eigenvalue weighted by molar-refractivity contribution is 0.477. The highest BCUT2D eigenvalue weighted by atomic mass is 35.5. The molecule has 0 radical (unpaired) electrons. The molecule has 0 bridgehead atoms. The minimum absolute atomic E-state index is 0.223. The molecular formula is C14H13ClO. The van der Waals surface area contributed by atoms with Crippen molar-refractivity contribution < 1.29 is 5.11 Å². The van der Waals surface area contributed by atoms with Crippen molar-refractivity contribution in [3.05, 3.63) is 53.1 Å². The third kappa shape index (κ3) is 2.05. The zero-order chi connectivity index (χ0) is 11.5. The Kier molecular flexibility index (Phi) is 3.16. The number of aromatic hydroxyl groups is 1. The summed E-state index contributed by atoms with van der Waals surface area (Å²) in [5, 5.41) is 10.4. The second-order valence-electron chi connectivity index (χ2n) is 3.69. The molecular weight excluding hydrogens is 220 g/mol. The van der Waals surface area contributed by atoms with Crippen molar-refractivity contribution in [2.24, 2.45) is 0 Å². The van der Waals surface area contributed by atoms with E-state index in [1.54, 1.807) is 18.2 Å². The Labute approximate surface area is 100 Å². The van der Waals surface area contributed by atoms with E-state index in [2.05, 4.69) is 19.1 Å². The average Bonchev–Trinajstić information content (AvgIpc) is 2.29. The molecule has 0 fully saturated rings. The summed E-state index contributed by atoms with van der Waals surface area (Å²) in [6.07, 6.45) is 0.971. The summed E-state index contributed by atoms with van der Waals surface area (Å²) in [5.74, 6) is 0.223. The van der Waals surface area contributed by atoms with Crippen molar-refractivity contribution in [1.29, 1.82) is 0 Å². The van der Waals surface area contributed by atoms with Gasteiger partial charge in [-0.1, -0.05) is 48.9 Å². The molecule has 1 N–H and O–H groups in total. The van der Waals surface area contributed by atoms with E-state index < -0.39 is 0 Å². The van der Waals surface area contributed by atoms with Gasteiger partial charge in [0.2, 0.25) is 0 Å². The number of phenols is 1. The molecule has 0 amide bonds. The van der Waals surface area contributed by atoms with Gasteiger partial charge in [-0.3, -0.25) is 0 Å². The van der Waals surface area contributed by atoms with Gasteiger partial charge in [0, 0.05) is 5.56 Å². The summed E-state index contributed by atoms with van der Waals surface area (Å²) in [6, 6.07) is 13.2. The molecule has 2 aromatic carbocycles. The molecule has 16 heavy (non-hydrogen) atoms. The van der Waals surface area contributed by atoms with Crippen LogP contribution in [0.25, 0.3) is 11.1 Å². The van der Waals surface area contributed by atoms with Crippen LogP contribution in [0.15, 0.2) is 42.5 Å². The minimum atomic E-state index is 0.223. The Bertz CT molecular complexity index is 486. The van der Waals surface area contributed by atoms with E-state index in [1.165, 1.54) is 5.56 Å². The van der Waals surface area contributed by atoms with Gasteiger partial charge in [0.05, 0.1) is 5.02 Å². The van der Waals surface area contributed by atoms with E-state index in [1.807, 2.05) is 12.1 Å². The number of hydrogen-bond acceptors (Lipinski definition) is 1. The molecule has 82 valence electrons. The Balaban J connectivity index is 2.58. The van der Waals surface area contributed by atoms with E-state index in [0.29, 0.717) is 10.6 Å². The molecule has 0 saturated carbocycles. The molecule has 0 atom stereocenters. The molecule has 2 rings (SSSR count). The molecule has 0 aliphatic carbocycles. The number of halogens is 1. The maximum absolute atomic E-state index is 9.82. The largest absolute Gasteiger partial charge is 0.507 e. The first-order valence-corrected chi connectivity index (χ1v) is 5.67. The van der Waals surface area contributed by atoms with Gasteiger partial charge in [0.1, 0.15) is 5.75 Å². The topological polar surface area (TPSA) is 20.2 Å². The highest BCUT2D eigenvalue weighted by Crippen LogP contribution is 2.35. The second kappa shape index (κ2) is 4.58. The molecule has 0 unspecified atom stereocenters. The van der Waals surface area contributed by atoms with Crippen LogP contribution in [-0.2, 0) is 6.42 Å². The van der Waals surface area contributed by atoms with Gasteiger partial charge in [-0.15, -0.1) is 0 Å². The number of rotatable bonds is 2. The van der Waals surface area contributed by atoms with E-state index in [9.17, 15) is 5.11 Å². The van der Waals surface area contributed by atoms with Crippen LogP contribution in [0, 0.1) is 0 Å². The van der Waals surface area contributed by atoms with Crippen LogP contribution < -0.4 is 0 Å². The lowest BCUT2D eigenvalue weighted by atomic mass is 10.0. The highest BCUT2D eigenvalue weighted by molar-refractivity contribution is 6.33. The molecule has 2 aromatic rings. The number of benzene rings is 2. The van der Waals surface area contributed by atoms with E-state index >= 15 is 0 Å². The van der Waals surface area contributed by atoms with Crippen molar-refractivity contribution in [3.8, 4) is 16.9 Å². The molecule has 0 heterocycles. The number of phenolic OH excluding ortho intramolecular Hbond substituents is 1. The van der Waals surface area contributed by atoms with E-state index in [4.69, 9.17) is 11.6 Å². The molecule has 0 aliphatic heterocycles. The summed E-state index contributed by atoms with van der Waals surface area (Å²) in [5.41, 5.74) is 2.90. The van der Waals surface area contributed by atoms with Crippen molar-refractivity contribution in [1.82, 2.24) is 0 Å². The lowest BCUT2D eigenvalue weighted by Crippen LogP contribution is -1.84. The van der Waals surface area contributed by atoms with Crippen molar-refractivity contribution in [2.75, 3.05) is 0 Å². The standard InChI is InChI=1S/C14H13ClO/c1-2-10-5-3-6-11(9-10)14-12(15)7-4-8-13(14)16/h3-9,16H,2H2,1H3. The van der Waals surface area contributed by atoms with Gasteiger partial charge in [0.25, 0.3) is 0 Å². The SMILES string of the molecule is CCc1cccc(-c2c(O)cccc2Cl)c1. The van der Waals surface area contributed by atoms with E-state index in [0.717, 1.165) is 12.0 Å². The summed E-state index contributed by atoms with van der Waals surface area (Å²) in [7, 11) is 0. The fraction of sp³-hybridized carbons (Fsp3) is 0.143. The van der Waals surface area contributed by atoms with Gasteiger partial charge < -0.3 is 5.11 Å². The van der Waals surface area contributed by atoms with Crippen LogP contribution in [0.5, 0.6) is 5.75 Å². The van der Waals surface area contributed by atoms with Crippen LogP contribution in [-0.4, -0.2) is 5.11 Å². The lowest BCUT2D eigenvalue weighted by Gasteiger charge is -2.08. The third-order valence-electron chi connectivity index (χ3n) is 2.62. The van der Waals surface area contributed by atoms with Gasteiger partial charge in [-0.2, -0.15) is 0 Å². The summed E-state index contributed by atoms with van der Waals surface area (Å²) in [4.78, 5) is 0. The number of aryl methyl sites for hydroxylation is 1. The smallest absolute Gasteiger partial charge is 0.124 e. The molecule has 0 saturated heterocycles. The summed E-state index contributed by atoms with van der Waals surface area (Å²) < 4.78 is 0. The minimum Gasteiger partial charge on any atom is -0.507 e. The molecule has 0 spiro atoms. The van der Waals surface area contributed by atoms with Crippen LogP contribution >= 0.6 is 11.6 Å². The van der Waals surface area contributed by atoms with Crippen molar-refractivity contribution in [2.45, 2.75) is 13.3 Å². The van der Waals surface area contributed by atoms with Gasteiger partial charge >= 0.3 is 0 Å². The maximum atomic E-state index is 9.82. The quantitative estimate of drug-likeness (QED) is 0.820. The maximum Gasteiger partial charge on any atom is 0.124 e. The first-order chi connectivity index (χ1) is 7.72. The predicted molar refractivity (Wildman–Crippen MR) is 67.9 cm³/mol. The highest BCUT2D eigenvalue weighted by Gasteiger charge is 2.08. The van der Waals surface area contributed by atoms with Crippen LogP contribution in [0.1, 0.15) is 12.5 Å². The van der Waals surface area contributed by atoms with Crippen LogP contribution in [0.3, 0.4) is 0 Å². The van der Waals surface area contributed by atoms with Crippen molar-refractivity contribution in [3.63, 3.8) is 0 Å². The van der Waals surface area contributed by atoms with Crippen molar-refractivity contribution >= 4 is 11.6 Å². The molecule has 1 nitrogen and oxygen atoms in total. The van der Waals surface area contributed by atoms with Crippen LogP contribution in [0.4, 0.5) is 0 Å². The Morgan fingerprint density at radius 2 is 1.88 bits per heavy atom. The Morgan fingerprint density at radius 3 is 2.56 bits per heavy atom. The summed E-state index contributed by atoms with van der Waals surface area (Å²) >= 11 is 6.10. The molecule has 2 heteroatoms.